The van der Waals surface area contributed by atoms with E-state index in [9.17, 15) is 14.7 Å². The fourth-order valence-electron chi connectivity index (χ4n) is 6.79. The summed E-state index contributed by atoms with van der Waals surface area (Å²) in [6.07, 6.45) is 3.34. The Hall–Kier alpha value is -3.79. The molecule has 1 amide bonds. The molecule has 4 heterocycles. The summed E-state index contributed by atoms with van der Waals surface area (Å²) in [6, 6.07) is 9.37. The zero-order chi connectivity index (χ0) is 26.6. The van der Waals surface area contributed by atoms with Gasteiger partial charge in [0.15, 0.2) is 11.7 Å². The number of nitrogens with zero attached hydrogens (tertiary/aromatic N) is 4. The van der Waals surface area contributed by atoms with E-state index in [1.807, 2.05) is 30.0 Å². The normalized spacial score (nSPS) is 29.6. The van der Waals surface area contributed by atoms with E-state index >= 15 is 0 Å². The maximum atomic E-state index is 13.4. The first-order chi connectivity index (χ1) is 18.3. The van der Waals surface area contributed by atoms with Gasteiger partial charge in [0.05, 0.1) is 17.9 Å². The number of amides is 1. The molecule has 1 aliphatic carbocycles. The summed E-state index contributed by atoms with van der Waals surface area (Å²) in [7, 11) is 0. The number of aliphatic imine (C=N–C) groups is 2. The van der Waals surface area contributed by atoms with Crippen molar-refractivity contribution in [1.82, 2.24) is 15.2 Å². The van der Waals surface area contributed by atoms with Crippen LogP contribution in [-0.4, -0.2) is 74.8 Å². The van der Waals surface area contributed by atoms with Crippen LogP contribution in [0.3, 0.4) is 0 Å². The lowest BCUT2D eigenvalue weighted by atomic mass is 9.77. The monoisotopic (exact) mass is 515 g/mol. The highest BCUT2D eigenvalue weighted by atomic mass is 16.3. The van der Waals surface area contributed by atoms with Gasteiger partial charge in [0, 0.05) is 30.6 Å². The topological polar surface area (TPSA) is 159 Å². The number of nitrogens with two attached hydrogens (primary N) is 2. The van der Waals surface area contributed by atoms with Gasteiger partial charge in [-0.2, -0.15) is 0 Å². The molecule has 2 aromatic rings. The van der Waals surface area contributed by atoms with Crippen LogP contribution >= 0.6 is 0 Å². The lowest BCUT2D eigenvalue weighted by Crippen LogP contribution is -2.66. The van der Waals surface area contributed by atoms with Gasteiger partial charge in [-0.3, -0.25) is 19.6 Å². The number of aliphatic hydroxyl groups excluding tert-OH is 1. The number of Topliss-reactive ketones (excluding diaryl/α,β-unsaturated/α-hetero) is 1. The van der Waals surface area contributed by atoms with Crippen molar-refractivity contribution in [1.29, 1.82) is 0 Å². The Labute approximate surface area is 221 Å². The Kier molecular flexibility index (Phi) is 5.94. The molecule has 1 aromatic carbocycles. The van der Waals surface area contributed by atoms with Crippen LogP contribution in [0.15, 0.2) is 46.4 Å². The van der Waals surface area contributed by atoms with Crippen LogP contribution in [0.5, 0.6) is 0 Å². The van der Waals surface area contributed by atoms with Crippen molar-refractivity contribution in [2.45, 2.75) is 75.2 Å². The largest absolute Gasteiger partial charge is 0.388 e. The van der Waals surface area contributed by atoms with Gasteiger partial charge >= 0.3 is 0 Å². The van der Waals surface area contributed by atoms with E-state index in [1.54, 1.807) is 12.1 Å². The van der Waals surface area contributed by atoms with E-state index in [0.29, 0.717) is 17.1 Å². The van der Waals surface area contributed by atoms with Gasteiger partial charge in [-0.25, -0.2) is 4.99 Å². The maximum Gasteiger partial charge on any atom is 0.251 e. The number of carbonyl (C=O) groups is 2. The third-order valence-corrected chi connectivity index (χ3v) is 8.52. The van der Waals surface area contributed by atoms with E-state index in [4.69, 9.17) is 11.5 Å². The third-order valence-electron chi connectivity index (χ3n) is 8.52. The van der Waals surface area contributed by atoms with Crippen molar-refractivity contribution in [3.63, 3.8) is 0 Å². The van der Waals surface area contributed by atoms with Crippen molar-refractivity contribution in [2.24, 2.45) is 21.5 Å². The minimum Gasteiger partial charge on any atom is -0.388 e. The Morgan fingerprint density at radius 3 is 2.74 bits per heavy atom. The lowest BCUT2D eigenvalue weighted by molar-refractivity contribution is 0.0275. The van der Waals surface area contributed by atoms with Crippen molar-refractivity contribution in [2.75, 3.05) is 6.54 Å². The van der Waals surface area contributed by atoms with Gasteiger partial charge in [-0.1, -0.05) is 18.2 Å². The van der Waals surface area contributed by atoms with Crippen molar-refractivity contribution in [3.05, 3.63) is 64.5 Å². The van der Waals surface area contributed by atoms with Crippen LogP contribution < -0.4 is 16.8 Å². The summed E-state index contributed by atoms with van der Waals surface area (Å²) < 4.78 is 0. The average Bonchev–Trinajstić information content (AvgIpc) is 3.40. The number of aromatic nitrogens is 1. The highest BCUT2D eigenvalue weighted by molar-refractivity contribution is 5.97. The number of pyridine rings is 1. The van der Waals surface area contributed by atoms with E-state index in [-0.39, 0.29) is 37.0 Å². The lowest BCUT2D eigenvalue weighted by Gasteiger charge is -2.46. The number of rotatable bonds is 5. The smallest absolute Gasteiger partial charge is 0.251 e. The van der Waals surface area contributed by atoms with Gasteiger partial charge in [0.25, 0.3) is 5.91 Å². The minimum absolute atomic E-state index is 0.0358. The molecule has 5 atom stereocenters. The zero-order valence-electron chi connectivity index (χ0n) is 21.4. The molecule has 0 bridgehead atoms. The van der Waals surface area contributed by atoms with E-state index in [2.05, 4.69) is 26.4 Å². The first-order valence-corrected chi connectivity index (χ1v) is 13.3. The minimum atomic E-state index is -1.01. The van der Waals surface area contributed by atoms with Crippen LogP contribution in [0.25, 0.3) is 0 Å². The molecule has 3 aliphatic heterocycles. The van der Waals surface area contributed by atoms with E-state index in [0.717, 1.165) is 36.9 Å². The number of hydrogen-bond acceptors (Lipinski definition) is 9. The number of carbonyl (C=O) groups excluding carboxylic acids is 2. The van der Waals surface area contributed by atoms with Gasteiger partial charge in [0.2, 0.25) is 0 Å². The second-order valence-electron chi connectivity index (χ2n) is 10.9. The number of aliphatic hydroxyl groups is 1. The number of guanidine groups is 1. The number of benzene rings is 1. The summed E-state index contributed by atoms with van der Waals surface area (Å²) in [5, 5.41) is 14.8. The Morgan fingerprint density at radius 2 is 1.92 bits per heavy atom. The fourth-order valence-corrected chi connectivity index (χ4v) is 6.79. The molecule has 198 valence electrons. The molecule has 1 fully saturated rings. The highest BCUT2D eigenvalue weighted by Crippen LogP contribution is 2.45. The molecule has 38 heavy (non-hydrogen) atoms. The molecule has 6 N–H and O–H groups in total. The molecule has 0 saturated carbocycles. The standard InChI is InChI=1S/C28H33N7O3/c1-15-6-4-11-19(31-15)22(36)12-20-24-28(13-23(29)34-24)25(37)21(14-35(28)27(30)33-20)32-26(38)18-10-5-8-16-7-2-3-9-17(16)18/h4-6,8,10-11,20-21,24-25,37H,2-3,7,9,12-14H2,1H3,(H2,29,34)(H2,30,33)(H,32,38)/t20?,21?,24-,25?,28-/m0/s1. The van der Waals surface area contributed by atoms with Crippen molar-refractivity contribution >= 4 is 23.5 Å². The van der Waals surface area contributed by atoms with E-state index < -0.39 is 29.8 Å². The van der Waals surface area contributed by atoms with Gasteiger partial charge < -0.3 is 26.8 Å². The summed E-state index contributed by atoms with van der Waals surface area (Å²) in [5.41, 5.74) is 15.8. The number of fused-ring (bicyclic) bond motifs is 1. The number of amidine groups is 1. The molecular weight excluding hydrogens is 482 g/mol. The molecule has 1 saturated heterocycles. The Balaban J connectivity index is 1.26. The predicted octanol–water partition coefficient (Wildman–Crippen LogP) is 0.882. The van der Waals surface area contributed by atoms with Crippen molar-refractivity contribution in [3.8, 4) is 0 Å². The number of aryl methyl sites for hydroxylation is 2. The molecule has 10 nitrogen and oxygen atoms in total. The highest BCUT2D eigenvalue weighted by Gasteiger charge is 2.65. The van der Waals surface area contributed by atoms with Gasteiger partial charge in [0.1, 0.15) is 23.4 Å². The van der Waals surface area contributed by atoms with Crippen molar-refractivity contribution < 1.29 is 14.7 Å². The first kappa shape index (κ1) is 24.5. The number of ketones is 1. The van der Waals surface area contributed by atoms with Crippen LogP contribution in [0, 0.1) is 6.92 Å². The molecular formula is C28H33N7O3. The second-order valence-corrected chi connectivity index (χ2v) is 10.9. The third kappa shape index (κ3) is 3.86. The fraction of sp³-hybridized carbons (Fsp3) is 0.464. The molecule has 4 aliphatic rings. The average molecular weight is 516 g/mol. The number of nitrogens with one attached hydrogen (secondary N) is 1. The molecule has 1 aromatic heterocycles. The van der Waals surface area contributed by atoms with Gasteiger partial charge in [-0.15, -0.1) is 0 Å². The summed E-state index contributed by atoms with van der Waals surface area (Å²) in [6.45, 7) is 2.10. The van der Waals surface area contributed by atoms with Crippen LogP contribution in [0.2, 0.25) is 0 Å². The molecule has 6 rings (SSSR count). The Morgan fingerprint density at radius 1 is 1.13 bits per heavy atom. The molecule has 1 spiro atoms. The summed E-state index contributed by atoms with van der Waals surface area (Å²) in [5.74, 6) is 0.208. The quantitative estimate of drug-likeness (QED) is 0.430. The van der Waals surface area contributed by atoms with Crippen LogP contribution in [0.1, 0.15) is 63.4 Å². The molecule has 0 radical (unpaired) electrons. The second kappa shape index (κ2) is 9.20. The maximum absolute atomic E-state index is 13.4. The summed E-state index contributed by atoms with van der Waals surface area (Å²) >= 11 is 0. The Bertz CT molecular complexity index is 1370. The predicted molar refractivity (Wildman–Crippen MR) is 143 cm³/mol. The summed E-state index contributed by atoms with van der Waals surface area (Å²) in [4.78, 5) is 42.0. The van der Waals surface area contributed by atoms with Crippen LogP contribution in [-0.2, 0) is 12.8 Å². The zero-order valence-corrected chi connectivity index (χ0v) is 21.4. The van der Waals surface area contributed by atoms with E-state index in [1.165, 1.54) is 5.56 Å². The molecule has 10 heteroatoms. The number of hydrogen-bond donors (Lipinski definition) is 4. The molecule has 3 unspecified atom stereocenters. The SMILES string of the molecule is Cc1cccc(C(=O)CC2N=C(N)N3CC(NC(=O)c4cccc5c4CCCC5)C(O)[C@@]34CC(N)=N[C@@H]24)n1. The first-order valence-electron chi connectivity index (χ1n) is 13.3. The van der Waals surface area contributed by atoms with Gasteiger partial charge in [-0.05, 0) is 61.9 Å². The van der Waals surface area contributed by atoms with Crippen LogP contribution in [0.4, 0.5) is 0 Å².